The number of hydrogen-bond acceptors (Lipinski definition) is 4. The van der Waals surface area contributed by atoms with Gasteiger partial charge in [-0.2, -0.15) is 0 Å². The summed E-state index contributed by atoms with van der Waals surface area (Å²) < 4.78 is 16.6. The second kappa shape index (κ2) is 7.18. The Bertz CT molecular complexity index is 620. The molecule has 1 fully saturated rings. The van der Waals surface area contributed by atoms with E-state index in [9.17, 15) is 0 Å². The molecule has 1 atom stereocenters. The van der Waals surface area contributed by atoms with Crippen LogP contribution in [-0.2, 0) is 11.3 Å². The van der Waals surface area contributed by atoms with E-state index in [4.69, 9.17) is 25.5 Å². The molecule has 0 radical (unpaired) electrons. The number of halogens is 1. The molecule has 2 aromatic rings. The van der Waals surface area contributed by atoms with E-state index in [0.29, 0.717) is 23.4 Å². The molecular weight excluding hydrogens is 302 g/mol. The first-order valence-electron chi connectivity index (χ1n) is 7.51. The molecule has 22 heavy (non-hydrogen) atoms. The average Bonchev–Trinajstić information content (AvgIpc) is 3.19. The molecule has 4 nitrogen and oxygen atoms in total. The van der Waals surface area contributed by atoms with Gasteiger partial charge >= 0.3 is 0 Å². The third kappa shape index (κ3) is 3.64. The standard InChI is InChI=1S/C17H20ClNO3/c1-20-17-6-4-12(9-15(17)18)16-7-5-14(22-16)11-19-10-13-3-2-8-21-13/h4-7,9,13,19H,2-3,8,10-11H2,1H3/t13-/m0/s1. The highest BCUT2D eigenvalue weighted by Crippen LogP contribution is 2.31. The zero-order valence-corrected chi connectivity index (χ0v) is 13.4. The van der Waals surface area contributed by atoms with Crippen LogP contribution < -0.4 is 10.1 Å². The van der Waals surface area contributed by atoms with E-state index in [2.05, 4.69) is 5.32 Å². The molecule has 0 spiro atoms. The van der Waals surface area contributed by atoms with Gasteiger partial charge in [-0.3, -0.25) is 0 Å². The van der Waals surface area contributed by atoms with Gasteiger partial charge in [0.2, 0.25) is 0 Å². The van der Waals surface area contributed by atoms with Gasteiger partial charge in [0.1, 0.15) is 17.3 Å². The summed E-state index contributed by atoms with van der Waals surface area (Å²) in [6.45, 7) is 2.45. The average molecular weight is 322 g/mol. The van der Waals surface area contributed by atoms with Gasteiger partial charge in [-0.25, -0.2) is 0 Å². The number of rotatable bonds is 6. The van der Waals surface area contributed by atoms with Crippen LogP contribution in [0.15, 0.2) is 34.7 Å². The van der Waals surface area contributed by atoms with Crippen LogP contribution in [0.4, 0.5) is 0 Å². The molecule has 1 aliphatic rings. The topological polar surface area (TPSA) is 43.6 Å². The van der Waals surface area contributed by atoms with Crippen LogP contribution in [0.1, 0.15) is 18.6 Å². The van der Waals surface area contributed by atoms with E-state index in [0.717, 1.165) is 43.1 Å². The fourth-order valence-electron chi connectivity index (χ4n) is 2.61. The highest BCUT2D eigenvalue weighted by atomic mass is 35.5. The summed E-state index contributed by atoms with van der Waals surface area (Å²) in [4.78, 5) is 0. The van der Waals surface area contributed by atoms with Crippen LogP contribution in [0.25, 0.3) is 11.3 Å². The van der Waals surface area contributed by atoms with Crippen molar-refractivity contribution in [1.82, 2.24) is 5.32 Å². The van der Waals surface area contributed by atoms with Crippen LogP contribution in [0, 0.1) is 0 Å². The Labute approximate surface area is 135 Å². The summed E-state index contributed by atoms with van der Waals surface area (Å²) in [5.74, 6) is 2.37. The van der Waals surface area contributed by atoms with Crippen LogP contribution >= 0.6 is 11.6 Å². The summed E-state index contributed by atoms with van der Waals surface area (Å²) >= 11 is 6.15. The minimum Gasteiger partial charge on any atom is -0.495 e. The van der Waals surface area contributed by atoms with E-state index in [1.165, 1.54) is 0 Å². The number of nitrogens with one attached hydrogen (secondary N) is 1. The van der Waals surface area contributed by atoms with Crippen molar-refractivity contribution in [3.8, 4) is 17.1 Å². The fraction of sp³-hybridized carbons (Fsp3) is 0.412. The second-order valence-electron chi connectivity index (χ2n) is 5.38. The quantitative estimate of drug-likeness (QED) is 0.877. The van der Waals surface area contributed by atoms with Crippen molar-refractivity contribution in [2.75, 3.05) is 20.3 Å². The molecule has 0 amide bonds. The predicted molar refractivity (Wildman–Crippen MR) is 86.4 cm³/mol. The van der Waals surface area contributed by atoms with Crippen molar-refractivity contribution in [2.24, 2.45) is 0 Å². The lowest BCUT2D eigenvalue weighted by molar-refractivity contribution is 0.109. The molecule has 3 rings (SSSR count). The van der Waals surface area contributed by atoms with Gasteiger partial charge in [-0.15, -0.1) is 0 Å². The lowest BCUT2D eigenvalue weighted by Gasteiger charge is -2.09. The van der Waals surface area contributed by atoms with E-state index in [1.54, 1.807) is 7.11 Å². The summed E-state index contributed by atoms with van der Waals surface area (Å²) in [6.07, 6.45) is 2.64. The Hall–Kier alpha value is -1.49. The summed E-state index contributed by atoms with van der Waals surface area (Å²) in [7, 11) is 1.60. The van der Waals surface area contributed by atoms with Crippen molar-refractivity contribution in [3.63, 3.8) is 0 Å². The predicted octanol–water partition coefficient (Wildman–Crippen LogP) is 3.88. The van der Waals surface area contributed by atoms with Crippen molar-refractivity contribution in [2.45, 2.75) is 25.5 Å². The Morgan fingerprint density at radius 1 is 1.32 bits per heavy atom. The molecule has 0 unspecified atom stereocenters. The Morgan fingerprint density at radius 2 is 2.23 bits per heavy atom. The molecule has 0 saturated carbocycles. The first kappa shape index (κ1) is 15.4. The fourth-order valence-corrected chi connectivity index (χ4v) is 2.87. The van der Waals surface area contributed by atoms with Gasteiger partial charge in [0, 0.05) is 18.7 Å². The molecule has 118 valence electrons. The number of furan rings is 1. The summed E-state index contributed by atoms with van der Waals surface area (Å²) in [5.41, 5.74) is 0.941. The molecular formula is C17H20ClNO3. The van der Waals surface area contributed by atoms with E-state index in [1.807, 2.05) is 30.3 Å². The highest BCUT2D eigenvalue weighted by molar-refractivity contribution is 6.32. The Kier molecular flexibility index (Phi) is 5.03. The van der Waals surface area contributed by atoms with E-state index >= 15 is 0 Å². The van der Waals surface area contributed by atoms with E-state index < -0.39 is 0 Å². The van der Waals surface area contributed by atoms with E-state index in [-0.39, 0.29) is 0 Å². The molecule has 1 saturated heterocycles. The number of benzene rings is 1. The number of hydrogen-bond donors (Lipinski definition) is 1. The van der Waals surface area contributed by atoms with Crippen molar-refractivity contribution in [1.29, 1.82) is 0 Å². The SMILES string of the molecule is COc1ccc(-c2ccc(CNC[C@@H]3CCCO3)o2)cc1Cl. The van der Waals surface area contributed by atoms with Crippen LogP contribution in [0.3, 0.4) is 0 Å². The third-order valence-corrected chi connectivity index (χ3v) is 4.09. The molecule has 0 bridgehead atoms. The molecule has 1 aliphatic heterocycles. The van der Waals surface area contributed by atoms with Gasteiger partial charge in [0.15, 0.2) is 0 Å². The van der Waals surface area contributed by atoms with Crippen LogP contribution in [-0.4, -0.2) is 26.4 Å². The Balaban J connectivity index is 1.59. The van der Waals surface area contributed by atoms with Crippen molar-refractivity contribution >= 4 is 11.6 Å². The minimum atomic E-state index is 0.342. The van der Waals surface area contributed by atoms with Crippen LogP contribution in [0.5, 0.6) is 5.75 Å². The largest absolute Gasteiger partial charge is 0.495 e. The van der Waals surface area contributed by atoms with Gasteiger partial charge in [0.25, 0.3) is 0 Å². The zero-order chi connectivity index (χ0) is 15.4. The summed E-state index contributed by atoms with van der Waals surface area (Å²) in [5, 5.41) is 3.95. The minimum absolute atomic E-state index is 0.342. The first-order chi connectivity index (χ1) is 10.8. The number of ether oxygens (including phenoxy) is 2. The third-order valence-electron chi connectivity index (χ3n) is 3.79. The maximum atomic E-state index is 6.15. The normalized spacial score (nSPS) is 17.8. The summed E-state index contributed by atoms with van der Waals surface area (Å²) in [6, 6.07) is 9.57. The molecule has 1 aromatic carbocycles. The molecule has 5 heteroatoms. The van der Waals surface area contributed by atoms with Crippen LogP contribution in [0.2, 0.25) is 5.02 Å². The number of methoxy groups -OCH3 is 1. The smallest absolute Gasteiger partial charge is 0.137 e. The zero-order valence-electron chi connectivity index (χ0n) is 12.6. The van der Waals surface area contributed by atoms with Gasteiger partial charge < -0.3 is 19.2 Å². The molecule has 1 N–H and O–H groups in total. The van der Waals surface area contributed by atoms with Crippen molar-refractivity contribution < 1.29 is 13.9 Å². The van der Waals surface area contributed by atoms with Gasteiger partial charge in [-0.05, 0) is 43.2 Å². The van der Waals surface area contributed by atoms with Crippen molar-refractivity contribution in [3.05, 3.63) is 41.1 Å². The lowest BCUT2D eigenvalue weighted by atomic mass is 10.2. The lowest BCUT2D eigenvalue weighted by Crippen LogP contribution is -2.25. The monoisotopic (exact) mass is 321 g/mol. The maximum Gasteiger partial charge on any atom is 0.137 e. The molecule has 0 aliphatic carbocycles. The maximum absolute atomic E-state index is 6.15. The van der Waals surface area contributed by atoms with Gasteiger partial charge in [-0.1, -0.05) is 11.6 Å². The van der Waals surface area contributed by atoms with Gasteiger partial charge in [0.05, 0.1) is 24.8 Å². The first-order valence-corrected chi connectivity index (χ1v) is 7.89. The molecule has 2 heterocycles. The second-order valence-corrected chi connectivity index (χ2v) is 5.79. The Morgan fingerprint density at radius 3 is 2.95 bits per heavy atom. The molecule has 1 aromatic heterocycles. The highest BCUT2D eigenvalue weighted by Gasteiger charge is 2.15.